The molecule has 1 aromatic carbocycles. The fourth-order valence-corrected chi connectivity index (χ4v) is 2.91. The standard InChI is InChI=1S/C20H20O5S/c1-3-24-20(23)12-10-17(22)19(26-14(2)21)13-16-9-11-18(25-16)15-7-5-4-6-8-15/h4-9,11,13H,3,10,12H2,1-2H3/b19-13-. The quantitative estimate of drug-likeness (QED) is 0.502. The number of Topliss-reactive ketones (excluding diaryl/α,β-unsaturated/α-hetero) is 1. The van der Waals surface area contributed by atoms with Gasteiger partial charge in [-0.15, -0.1) is 0 Å². The Bertz CT molecular complexity index is 805. The summed E-state index contributed by atoms with van der Waals surface area (Å²) in [4.78, 5) is 35.5. The SMILES string of the molecule is CCOC(=O)CCC(=O)/C(=C/c1ccc(-c2ccccc2)o1)SC(C)=O. The molecule has 0 bridgehead atoms. The minimum Gasteiger partial charge on any atom is -0.466 e. The summed E-state index contributed by atoms with van der Waals surface area (Å²) >= 11 is 0.833. The third kappa shape index (κ3) is 6.04. The average molecular weight is 372 g/mol. The van der Waals surface area contributed by atoms with Crippen LogP contribution in [0, 0.1) is 0 Å². The Hall–Kier alpha value is -2.60. The van der Waals surface area contributed by atoms with Crippen molar-refractivity contribution < 1.29 is 23.5 Å². The largest absolute Gasteiger partial charge is 0.466 e. The molecule has 0 atom stereocenters. The molecule has 0 spiro atoms. The molecule has 2 aromatic rings. The zero-order valence-electron chi connectivity index (χ0n) is 14.7. The van der Waals surface area contributed by atoms with Crippen molar-refractivity contribution in [1.29, 1.82) is 0 Å². The number of ether oxygens (including phenoxy) is 1. The Labute approximate surface area is 156 Å². The minimum atomic E-state index is -0.433. The summed E-state index contributed by atoms with van der Waals surface area (Å²) in [5, 5.41) is -0.212. The molecule has 0 N–H and O–H groups in total. The Balaban J connectivity index is 2.15. The number of hydrogen-bond donors (Lipinski definition) is 0. The van der Waals surface area contributed by atoms with Crippen molar-refractivity contribution >= 4 is 34.7 Å². The minimum absolute atomic E-state index is 0.0167. The van der Waals surface area contributed by atoms with Crippen LogP contribution in [0.4, 0.5) is 0 Å². The summed E-state index contributed by atoms with van der Waals surface area (Å²) in [6, 6.07) is 13.1. The van der Waals surface area contributed by atoms with Crippen molar-refractivity contribution in [2.75, 3.05) is 6.61 Å². The summed E-state index contributed by atoms with van der Waals surface area (Å²) in [6.07, 6.45) is 1.50. The van der Waals surface area contributed by atoms with Gasteiger partial charge in [0.05, 0.1) is 17.9 Å². The van der Waals surface area contributed by atoms with Crippen LogP contribution in [0.3, 0.4) is 0 Å². The van der Waals surface area contributed by atoms with E-state index in [1.54, 1.807) is 19.1 Å². The number of allylic oxidation sites excluding steroid dienone is 1. The van der Waals surface area contributed by atoms with Crippen LogP contribution < -0.4 is 0 Å². The first-order valence-electron chi connectivity index (χ1n) is 8.23. The molecular formula is C20H20O5S. The van der Waals surface area contributed by atoms with E-state index < -0.39 is 5.97 Å². The number of ketones is 1. The van der Waals surface area contributed by atoms with Crippen LogP contribution in [-0.2, 0) is 19.1 Å². The highest BCUT2D eigenvalue weighted by Gasteiger charge is 2.16. The Kier molecular flexibility index (Phi) is 7.41. The summed E-state index contributed by atoms with van der Waals surface area (Å²) < 4.78 is 10.6. The second-order valence-electron chi connectivity index (χ2n) is 5.40. The molecule has 0 aliphatic heterocycles. The van der Waals surface area contributed by atoms with Crippen LogP contribution in [-0.4, -0.2) is 23.5 Å². The van der Waals surface area contributed by atoms with E-state index in [1.165, 1.54) is 13.0 Å². The smallest absolute Gasteiger partial charge is 0.306 e. The van der Waals surface area contributed by atoms with E-state index in [0.29, 0.717) is 11.5 Å². The number of thioether (sulfide) groups is 1. The third-order valence-corrected chi connectivity index (χ3v) is 4.20. The number of furan rings is 1. The van der Waals surface area contributed by atoms with E-state index in [0.717, 1.165) is 17.3 Å². The van der Waals surface area contributed by atoms with Crippen molar-refractivity contribution in [3.8, 4) is 11.3 Å². The summed E-state index contributed by atoms with van der Waals surface area (Å²) in [6.45, 7) is 3.36. The van der Waals surface area contributed by atoms with Crippen LogP contribution in [0.25, 0.3) is 17.4 Å². The first kappa shape index (κ1) is 19.7. The zero-order chi connectivity index (χ0) is 18.9. The lowest BCUT2D eigenvalue weighted by atomic mass is 10.2. The van der Waals surface area contributed by atoms with Crippen molar-refractivity contribution in [3.05, 3.63) is 53.1 Å². The van der Waals surface area contributed by atoms with E-state index >= 15 is 0 Å². The lowest BCUT2D eigenvalue weighted by molar-refractivity contribution is -0.144. The molecule has 0 fully saturated rings. The molecule has 26 heavy (non-hydrogen) atoms. The number of rotatable bonds is 8. The molecule has 0 saturated carbocycles. The van der Waals surface area contributed by atoms with Gasteiger partial charge in [-0.05, 0) is 36.9 Å². The van der Waals surface area contributed by atoms with E-state index in [-0.39, 0.29) is 35.3 Å². The topological polar surface area (TPSA) is 73.6 Å². The van der Waals surface area contributed by atoms with Gasteiger partial charge in [0.15, 0.2) is 10.9 Å². The van der Waals surface area contributed by atoms with Gasteiger partial charge in [-0.25, -0.2) is 0 Å². The highest BCUT2D eigenvalue weighted by atomic mass is 32.2. The van der Waals surface area contributed by atoms with Crippen LogP contribution in [0.1, 0.15) is 32.4 Å². The van der Waals surface area contributed by atoms with Gasteiger partial charge in [0.25, 0.3) is 0 Å². The molecule has 1 aromatic heterocycles. The lowest BCUT2D eigenvalue weighted by Crippen LogP contribution is -2.09. The third-order valence-electron chi connectivity index (χ3n) is 3.35. The highest BCUT2D eigenvalue weighted by molar-refractivity contribution is 8.17. The van der Waals surface area contributed by atoms with E-state index in [9.17, 15) is 14.4 Å². The molecule has 2 rings (SSSR count). The zero-order valence-corrected chi connectivity index (χ0v) is 15.5. The second-order valence-corrected chi connectivity index (χ2v) is 6.62. The monoisotopic (exact) mass is 372 g/mol. The van der Waals surface area contributed by atoms with Gasteiger partial charge < -0.3 is 9.15 Å². The predicted octanol–water partition coefficient (Wildman–Crippen LogP) is 4.48. The second kappa shape index (κ2) is 9.77. The predicted molar refractivity (Wildman–Crippen MR) is 101 cm³/mol. The van der Waals surface area contributed by atoms with E-state index in [4.69, 9.17) is 9.15 Å². The van der Waals surface area contributed by atoms with Crippen molar-refractivity contribution in [2.24, 2.45) is 0 Å². The summed E-state index contributed by atoms with van der Waals surface area (Å²) in [5.74, 6) is 0.411. The molecule has 0 saturated heterocycles. The summed E-state index contributed by atoms with van der Waals surface area (Å²) in [7, 11) is 0. The fourth-order valence-electron chi connectivity index (χ4n) is 2.21. The maximum absolute atomic E-state index is 12.4. The van der Waals surface area contributed by atoms with Crippen molar-refractivity contribution in [2.45, 2.75) is 26.7 Å². The first-order valence-corrected chi connectivity index (χ1v) is 9.05. The average Bonchev–Trinajstić information content (AvgIpc) is 3.08. The van der Waals surface area contributed by atoms with Crippen molar-refractivity contribution in [3.63, 3.8) is 0 Å². The number of hydrogen-bond acceptors (Lipinski definition) is 6. The summed E-state index contributed by atoms with van der Waals surface area (Å²) in [5.41, 5.74) is 0.918. The maximum Gasteiger partial charge on any atom is 0.306 e. The number of carbonyl (C=O) groups is 3. The molecule has 1 heterocycles. The highest BCUT2D eigenvalue weighted by Crippen LogP contribution is 2.27. The van der Waals surface area contributed by atoms with Gasteiger partial charge in [-0.1, -0.05) is 30.3 Å². The molecule has 0 aliphatic carbocycles. The Morgan fingerprint density at radius 2 is 1.81 bits per heavy atom. The molecule has 0 amide bonds. The Morgan fingerprint density at radius 3 is 2.46 bits per heavy atom. The fraction of sp³-hybridized carbons (Fsp3) is 0.250. The van der Waals surface area contributed by atoms with Gasteiger partial charge in [0, 0.05) is 18.9 Å². The normalized spacial score (nSPS) is 11.2. The number of esters is 1. The Morgan fingerprint density at radius 1 is 1.08 bits per heavy atom. The lowest BCUT2D eigenvalue weighted by Gasteiger charge is -2.04. The van der Waals surface area contributed by atoms with Gasteiger partial charge in [0.1, 0.15) is 11.5 Å². The van der Waals surface area contributed by atoms with Gasteiger partial charge in [-0.3, -0.25) is 14.4 Å². The van der Waals surface area contributed by atoms with Gasteiger partial charge in [0.2, 0.25) is 0 Å². The van der Waals surface area contributed by atoms with Crippen LogP contribution in [0.5, 0.6) is 0 Å². The molecule has 136 valence electrons. The molecule has 5 nitrogen and oxygen atoms in total. The van der Waals surface area contributed by atoms with Crippen LogP contribution in [0.15, 0.2) is 51.8 Å². The molecule has 0 radical (unpaired) electrons. The van der Waals surface area contributed by atoms with Gasteiger partial charge in [-0.2, -0.15) is 0 Å². The van der Waals surface area contributed by atoms with E-state index in [1.807, 2.05) is 30.3 Å². The van der Waals surface area contributed by atoms with Crippen LogP contribution in [0.2, 0.25) is 0 Å². The molecule has 0 aliphatic rings. The number of benzene rings is 1. The number of carbonyl (C=O) groups excluding carboxylic acids is 3. The van der Waals surface area contributed by atoms with E-state index in [2.05, 4.69) is 0 Å². The molecular weight excluding hydrogens is 352 g/mol. The molecule has 0 unspecified atom stereocenters. The first-order chi connectivity index (χ1) is 12.5. The maximum atomic E-state index is 12.4. The van der Waals surface area contributed by atoms with Crippen molar-refractivity contribution in [1.82, 2.24) is 0 Å². The molecule has 6 heteroatoms. The van der Waals surface area contributed by atoms with Crippen LogP contribution >= 0.6 is 11.8 Å². The van der Waals surface area contributed by atoms with Gasteiger partial charge >= 0.3 is 5.97 Å².